The van der Waals surface area contributed by atoms with E-state index in [4.69, 9.17) is 30.5 Å². The molecule has 0 aliphatic carbocycles. The molecule has 0 radical (unpaired) electrons. The first kappa shape index (κ1) is 22.7. The number of nitrogens with zero attached hydrogens (tertiary/aromatic N) is 2. The number of sulfonamides is 1. The molecule has 2 aromatic rings. The Hall–Kier alpha value is -2.53. The van der Waals surface area contributed by atoms with Gasteiger partial charge in [0, 0.05) is 27.2 Å². The van der Waals surface area contributed by atoms with Gasteiger partial charge in [0.1, 0.15) is 6.61 Å². The van der Waals surface area contributed by atoms with E-state index in [-0.39, 0.29) is 23.9 Å². The van der Waals surface area contributed by atoms with Crippen LogP contribution in [0, 0.1) is 0 Å². The Morgan fingerprint density at radius 3 is 2.62 bits per heavy atom. The van der Waals surface area contributed by atoms with Crippen LogP contribution >= 0.6 is 11.6 Å². The van der Waals surface area contributed by atoms with Crippen molar-refractivity contribution in [2.75, 3.05) is 52.1 Å². The first-order valence-electron chi connectivity index (χ1n) is 9.92. The minimum atomic E-state index is -3.73. The number of halogens is 1. The maximum atomic E-state index is 13.1. The molecular formula is C21H23ClN2O7S. The Balaban J connectivity index is 1.62. The largest absolute Gasteiger partial charge is 0.457 e. The van der Waals surface area contributed by atoms with Gasteiger partial charge in [0.2, 0.25) is 16.8 Å². The third kappa shape index (κ3) is 4.49. The number of carbonyl (C=O) groups is 1. The van der Waals surface area contributed by atoms with Gasteiger partial charge >= 0.3 is 5.97 Å². The van der Waals surface area contributed by atoms with E-state index in [9.17, 15) is 13.2 Å². The van der Waals surface area contributed by atoms with Crippen LogP contribution < -0.4 is 14.4 Å². The molecule has 1 saturated heterocycles. The predicted molar refractivity (Wildman–Crippen MR) is 117 cm³/mol. The van der Waals surface area contributed by atoms with Crippen LogP contribution in [0.15, 0.2) is 35.2 Å². The number of esters is 1. The molecule has 9 nitrogen and oxygen atoms in total. The molecule has 1 fully saturated rings. The highest BCUT2D eigenvalue weighted by Gasteiger charge is 2.25. The van der Waals surface area contributed by atoms with E-state index in [1.165, 1.54) is 26.2 Å². The molecule has 0 N–H and O–H groups in total. The van der Waals surface area contributed by atoms with Crippen LogP contribution in [-0.4, -0.2) is 65.9 Å². The zero-order chi connectivity index (χ0) is 22.9. The van der Waals surface area contributed by atoms with Gasteiger partial charge in [-0.15, -0.1) is 0 Å². The van der Waals surface area contributed by atoms with E-state index in [0.29, 0.717) is 54.1 Å². The van der Waals surface area contributed by atoms with Crippen LogP contribution in [0.3, 0.4) is 0 Å². The first-order chi connectivity index (χ1) is 15.3. The highest BCUT2D eigenvalue weighted by atomic mass is 35.5. The molecule has 4 rings (SSSR count). The predicted octanol–water partition coefficient (Wildman–Crippen LogP) is 2.51. The van der Waals surface area contributed by atoms with Crippen LogP contribution in [-0.2, 0) is 26.1 Å². The number of fused-ring (bicyclic) bond motifs is 1. The zero-order valence-electron chi connectivity index (χ0n) is 17.7. The smallest absolute Gasteiger partial charge is 0.340 e. The molecule has 172 valence electrons. The van der Waals surface area contributed by atoms with Crippen molar-refractivity contribution in [2.24, 2.45) is 0 Å². The average Bonchev–Trinajstić information content (AvgIpc) is 3.27. The van der Waals surface area contributed by atoms with E-state index in [1.807, 2.05) is 4.90 Å². The number of rotatable bonds is 6. The molecular weight excluding hydrogens is 460 g/mol. The lowest BCUT2D eigenvalue weighted by molar-refractivity contribution is 0.0472. The monoisotopic (exact) mass is 482 g/mol. The molecule has 0 spiro atoms. The molecule has 2 aliphatic rings. The van der Waals surface area contributed by atoms with Crippen molar-refractivity contribution >= 4 is 33.3 Å². The third-order valence-electron chi connectivity index (χ3n) is 5.18. The highest BCUT2D eigenvalue weighted by Crippen LogP contribution is 2.40. The van der Waals surface area contributed by atoms with Gasteiger partial charge in [0.25, 0.3) is 0 Å². The minimum absolute atomic E-state index is 0.0117. The summed E-state index contributed by atoms with van der Waals surface area (Å²) in [5, 5.41) is 0.360. The molecule has 0 unspecified atom stereocenters. The van der Waals surface area contributed by atoms with Gasteiger partial charge < -0.3 is 23.8 Å². The molecule has 11 heteroatoms. The molecule has 0 amide bonds. The standard InChI is InChI=1S/C21H23ClN2O7S/c1-23(2)32(26,27)15-3-4-18(24-5-7-28-8-6-24)16(11-15)21(25)29-12-14-9-17(22)20-19(10-14)30-13-31-20/h3-4,9-11H,5-8,12-13H2,1-2H3. The van der Waals surface area contributed by atoms with Crippen molar-refractivity contribution in [3.63, 3.8) is 0 Å². The maximum Gasteiger partial charge on any atom is 0.340 e. The Labute approximate surface area is 191 Å². The molecule has 32 heavy (non-hydrogen) atoms. The summed E-state index contributed by atoms with van der Waals surface area (Å²) >= 11 is 6.20. The summed E-state index contributed by atoms with van der Waals surface area (Å²) in [6, 6.07) is 7.81. The van der Waals surface area contributed by atoms with Crippen LogP contribution in [0.2, 0.25) is 5.02 Å². The van der Waals surface area contributed by atoms with Gasteiger partial charge in [0.15, 0.2) is 11.5 Å². The van der Waals surface area contributed by atoms with Crippen LogP contribution in [0.5, 0.6) is 11.5 Å². The first-order valence-corrected chi connectivity index (χ1v) is 11.7. The fourth-order valence-electron chi connectivity index (χ4n) is 3.46. The molecule has 2 aromatic carbocycles. The van der Waals surface area contributed by atoms with E-state index in [0.717, 1.165) is 4.31 Å². The zero-order valence-corrected chi connectivity index (χ0v) is 19.2. The maximum absolute atomic E-state index is 13.1. The lowest BCUT2D eigenvalue weighted by Gasteiger charge is -2.30. The molecule has 2 aliphatic heterocycles. The second kappa shape index (κ2) is 9.14. The highest BCUT2D eigenvalue weighted by molar-refractivity contribution is 7.89. The van der Waals surface area contributed by atoms with E-state index < -0.39 is 16.0 Å². The van der Waals surface area contributed by atoms with Crippen molar-refractivity contribution in [3.8, 4) is 11.5 Å². The molecule has 0 bridgehead atoms. The summed E-state index contributed by atoms with van der Waals surface area (Å²) in [7, 11) is -0.851. The quantitative estimate of drug-likeness (QED) is 0.580. The molecule has 0 aromatic heterocycles. The second-order valence-corrected chi connectivity index (χ2v) is 10.0. The fourth-order valence-corrected chi connectivity index (χ4v) is 4.68. The van der Waals surface area contributed by atoms with E-state index >= 15 is 0 Å². The number of hydrogen-bond acceptors (Lipinski definition) is 8. The Morgan fingerprint density at radius 1 is 1.16 bits per heavy atom. The average molecular weight is 483 g/mol. The van der Waals surface area contributed by atoms with Gasteiger partial charge in [-0.3, -0.25) is 0 Å². The lowest BCUT2D eigenvalue weighted by atomic mass is 10.1. The second-order valence-electron chi connectivity index (χ2n) is 7.45. The third-order valence-corrected chi connectivity index (χ3v) is 7.27. The number of benzene rings is 2. The Morgan fingerprint density at radius 2 is 1.91 bits per heavy atom. The van der Waals surface area contributed by atoms with Crippen LogP contribution in [0.1, 0.15) is 15.9 Å². The van der Waals surface area contributed by atoms with Gasteiger partial charge in [-0.1, -0.05) is 11.6 Å². The summed E-state index contributed by atoms with van der Waals surface area (Å²) in [5.74, 6) is 0.297. The van der Waals surface area contributed by atoms with Crippen molar-refractivity contribution in [1.29, 1.82) is 0 Å². The van der Waals surface area contributed by atoms with Crippen molar-refractivity contribution in [2.45, 2.75) is 11.5 Å². The van der Waals surface area contributed by atoms with Gasteiger partial charge in [-0.2, -0.15) is 0 Å². The molecule has 0 saturated carbocycles. The van der Waals surface area contributed by atoms with Gasteiger partial charge in [-0.05, 0) is 35.9 Å². The topological polar surface area (TPSA) is 94.6 Å². The Kier molecular flexibility index (Phi) is 6.47. The summed E-state index contributed by atoms with van der Waals surface area (Å²) in [5.41, 5.74) is 1.39. The summed E-state index contributed by atoms with van der Waals surface area (Å²) in [6.07, 6.45) is 0. The molecule has 2 heterocycles. The molecule has 0 atom stereocenters. The summed E-state index contributed by atoms with van der Waals surface area (Å²) in [6.45, 7) is 2.20. The van der Waals surface area contributed by atoms with Crippen LogP contribution in [0.4, 0.5) is 5.69 Å². The van der Waals surface area contributed by atoms with Crippen LogP contribution in [0.25, 0.3) is 0 Å². The number of morpholine rings is 1. The van der Waals surface area contributed by atoms with Crippen molar-refractivity contribution < 1.29 is 32.2 Å². The van der Waals surface area contributed by atoms with Gasteiger partial charge in [0.05, 0.1) is 34.4 Å². The number of anilines is 1. The SMILES string of the molecule is CN(C)S(=O)(=O)c1ccc(N2CCOCC2)c(C(=O)OCc2cc(Cl)c3c(c2)OCO3)c1. The number of hydrogen-bond donors (Lipinski definition) is 0. The van der Waals surface area contributed by atoms with Crippen molar-refractivity contribution in [3.05, 3.63) is 46.5 Å². The lowest BCUT2D eigenvalue weighted by Crippen LogP contribution is -2.37. The summed E-state index contributed by atoms with van der Waals surface area (Å²) in [4.78, 5) is 15.1. The van der Waals surface area contributed by atoms with E-state index in [1.54, 1.807) is 18.2 Å². The van der Waals surface area contributed by atoms with E-state index in [2.05, 4.69) is 0 Å². The number of carbonyl (C=O) groups excluding carboxylic acids is 1. The summed E-state index contributed by atoms with van der Waals surface area (Å²) < 4.78 is 47.9. The normalized spacial score (nSPS) is 15.8. The minimum Gasteiger partial charge on any atom is -0.457 e. The Bertz CT molecular complexity index is 1130. The fraction of sp³-hybridized carbons (Fsp3) is 0.381. The van der Waals surface area contributed by atoms with Crippen molar-refractivity contribution in [1.82, 2.24) is 4.31 Å². The van der Waals surface area contributed by atoms with Gasteiger partial charge in [-0.25, -0.2) is 17.5 Å². The number of ether oxygens (including phenoxy) is 4.